The van der Waals surface area contributed by atoms with E-state index >= 15 is 0 Å². The van der Waals surface area contributed by atoms with Crippen molar-refractivity contribution in [1.29, 1.82) is 0 Å². The van der Waals surface area contributed by atoms with Gasteiger partial charge in [-0.05, 0) is 13.0 Å². The standard InChI is InChI=1S/C20H28F3N5O2/c1-5-24-18(28(3)14-15-8-6-7-9-16(15)30-4)26-11-10-19(29,20(21,22)23)17-25-12-13-27(17)2/h6-9,12-13,29H,5,10-11,14H2,1-4H3,(H,24,26). The van der Waals surface area contributed by atoms with Crippen LogP contribution in [0.2, 0.25) is 0 Å². The number of ether oxygens (including phenoxy) is 1. The first kappa shape index (κ1) is 23.5. The number of hydrogen-bond donors (Lipinski definition) is 2. The van der Waals surface area contributed by atoms with Crippen LogP contribution in [0, 0.1) is 0 Å². The fraction of sp³-hybridized carbons (Fsp3) is 0.500. The van der Waals surface area contributed by atoms with E-state index in [4.69, 9.17) is 4.74 Å². The first-order valence-electron chi connectivity index (χ1n) is 9.52. The van der Waals surface area contributed by atoms with Crippen LogP contribution >= 0.6 is 0 Å². The van der Waals surface area contributed by atoms with Crippen LogP contribution in [-0.2, 0) is 19.2 Å². The zero-order chi connectivity index (χ0) is 22.4. The van der Waals surface area contributed by atoms with Crippen LogP contribution in [0.4, 0.5) is 13.2 Å². The zero-order valence-corrected chi connectivity index (χ0v) is 17.6. The molecule has 30 heavy (non-hydrogen) atoms. The number of aliphatic hydroxyl groups is 1. The van der Waals surface area contributed by atoms with E-state index in [1.54, 1.807) is 19.1 Å². The number of methoxy groups -OCH3 is 1. The van der Waals surface area contributed by atoms with E-state index in [9.17, 15) is 18.3 Å². The SMILES string of the molecule is CCNC(=NCCC(O)(c1nccn1C)C(F)(F)F)N(C)Cc1ccccc1OC. The Balaban J connectivity index is 2.19. The number of para-hydroxylation sites is 1. The van der Waals surface area contributed by atoms with E-state index in [0.717, 1.165) is 10.1 Å². The molecule has 0 spiro atoms. The van der Waals surface area contributed by atoms with Crippen molar-refractivity contribution < 1.29 is 23.0 Å². The molecule has 166 valence electrons. The maximum atomic E-state index is 13.7. The third-order valence-electron chi connectivity index (χ3n) is 4.69. The first-order chi connectivity index (χ1) is 14.1. The van der Waals surface area contributed by atoms with Crippen LogP contribution in [0.3, 0.4) is 0 Å². The normalized spacial score (nSPS) is 14.3. The number of nitrogens with one attached hydrogen (secondary N) is 1. The predicted octanol–water partition coefficient (Wildman–Crippen LogP) is 2.67. The second kappa shape index (κ2) is 9.84. The van der Waals surface area contributed by atoms with Crippen molar-refractivity contribution in [3.63, 3.8) is 0 Å². The lowest BCUT2D eigenvalue weighted by molar-refractivity contribution is -0.272. The van der Waals surface area contributed by atoms with E-state index in [2.05, 4.69) is 15.3 Å². The number of imidazole rings is 1. The molecule has 0 aliphatic heterocycles. The molecule has 1 unspecified atom stereocenters. The number of aromatic nitrogens is 2. The highest BCUT2D eigenvalue weighted by atomic mass is 19.4. The van der Waals surface area contributed by atoms with Crippen LogP contribution in [-0.4, -0.2) is 58.9 Å². The van der Waals surface area contributed by atoms with Gasteiger partial charge in [0.25, 0.3) is 0 Å². The summed E-state index contributed by atoms with van der Waals surface area (Å²) in [5.41, 5.74) is -2.18. The Morgan fingerprint density at radius 2 is 2.03 bits per heavy atom. The lowest BCUT2D eigenvalue weighted by atomic mass is 9.98. The largest absolute Gasteiger partial charge is 0.496 e. The van der Waals surface area contributed by atoms with Crippen molar-refractivity contribution in [2.45, 2.75) is 31.7 Å². The molecule has 7 nitrogen and oxygen atoms in total. The van der Waals surface area contributed by atoms with E-state index in [1.165, 1.54) is 19.4 Å². The molecule has 1 aromatic carbocycles. The lowest BCUT2D eigenvalue weighted by Crippen LogP contribution is -2.45. The summed E-state index contributed by atoms with van der Waals surface area (Å²) in [4.78, 5) is 9.79. The Kier molecular flexibility index (Phi) is 7.71. The van der Waals surface area contributed by atoms with Crippen molar-refractivity contribution >= 4 is 5.96 Å². The Morgan fingerprint density at radius 1 is 1.33 bits per heavy atom. The summed E-state index contributed by atoms with van der Waals surface area (Å²) in [6.45, 7) is 2.60. The van der Waals surface area contributed by atoms with Gasteiger partial charge in [0.15, 0.2) is 5.96 Å². The van der Waals surface area contributed by atoms with Crippen LogP contribution in [0.5, 0.6) is 5.75 Å². The van der Waals surface area contributed by atoms with Gasteiger partial charge in [0.2, 0.25) is 5.60 Å². The van der Waals surface area contributed by atoms with Crippen LogP contribution in [0.1, 0.15) is 24.7 Å². The number of halogens is 3. The van der Waals surface area contributed by atoms with Crippen LogP contribution in [0.25, 0.3) is 0 Å². The van der Waals surface area contributed by atoms with Gasteiger partial charge in [0.1, 0.15) is 11.6 Å². The Labute approximate surface area is 174 Å². The number of alkyl halides is 3. The van der Waals surface area contributed by atoms with Gasteiger partial charge in [-0.15, -0.1) is 0 Å². The number of aryl methyl sites for hydroxylation is 1. The molecule has 1 atom stereocenters. The molecule has 0 aliphatic rings. The van der Waals surface area contributed by atoms with Crippen molar-refractivity contribution in [3.8, 4) is 5.75 Å². The maximum absolute atomic E-state index is 13.7. The number of rotatable bonds is 8. The van der Waals surface area contributed by atoms with Crippen molar-refractivity contribution in [1.82, 2.24) is 19.8 Å². The Hall–Kier alpha value is -2.75. The summed E-state index contributed by atoms with van der Waals surface area (Å²) >= 11 is 0. The van der Waals surface area contributed by atoms with Crippen molar-refractivity contribution in [2.75, 3.05) is 27.2 Å². The van der Waals surface area contributed by atoms with Gasteiger partial charge >= 0.3 is 6.18 Å². The maximum Gasteiger partial charge on any atom is 0.424 e. The fourth-order valence-corrected chi connectivity index (χ4v) is 3.10. The highest BCUT2D eigenvalue weighted by molar-refractivity contribution is 5.79. The summed E-state index contributed by atoms with van der Waals surface area (Å²) in [6, 6.07) is 7.48. The number of hydrogen-bond acceptors (Lipinski definition) is 4. The monoisotopic (exact) mass is 427 g/mol. The Bertz CT molecular complexity index is 853. The molecule has 0 bridgehead atoms. The second-order valence-corrected chi connectivity index (χ2v) is 6.87. The first-order valence-corrected chi connectivity index (χ1v) is 9.52. The predicted molar refractivity (Wildman–Crippen MR) is 108 cm³/mol. The van der Waals surface area contributed by atoms with E-state index < -0.39 is 24.0 Å². The molecule has 2 aromatic rings. The van der Waals surface area contributed by atoms with E-state index in [0.29, 0.717) is 24.8 Å². The minimum atomic E-state index is -4.89. The average Bonchev–Trinajstić information content (AvgIpc) is 3.13. The third-order valence-corrected chi connectivity index (χ3v) is 4.69. The molecule has 0 radical (unpaired) electrons. The molecule has 0 fully saturated rings. The van der Waals surface area contributed by atoms with Gasteiger partial charge in [-0.3, -0.25) is 4.99 Å². The zero-order valence-electron chi connectivity index (χ0n) is 17.6. The molecular weight excluding hydrogens is 399 g/mol. The fourth-order valence-electron chi connectivity index (χ4n) is 3.10. The molecule has 10 heteroatoms. The summed E-state index contributed by atoms with van der Waals surface area (Å²) in [5.74, 6) is 0.673. The molecule has 1 heterocycles. The lowest BCUT2D eigenvalue weighted by Gasteiger charge is -2.29. The van der Waals surface area contributed by atoms with Gasteiger partial charge < -0.3 is 24.6 Å². The average molecular weight is 427 g/mol. The number of aliphatic imine (C=N–C) groups is 1. The van der Waals surface area contributed by atoms with Crippen molar-refractivity contribution in [2.24, 2.45) is 12.0 Å². The molecule has 2 N–H and O–H groups in total. The number of guanidine groups is 1. The molecule has 2 rings (SSSR count). The van der Waals surface area contributed by atoms with Gasteiger partial charge in [-0.2, -0.15) is 13.2 Å². The molecular formula is C20H28F3N5O2. The number of benzene rings is 1. The highest BCUT2D eigenvalue weighted by Gasteiger charge is 2.57. The minimum Gasteiger partial charge on any atom is -0.496 e. The minimum absolute atomic E-state index is 0.249. The van der Waals surface area contributed by atoms with Crippen LogP contribution < -0.4 is 10.1 Å². The smallest absolute Gasteiger partial charge is 0.424 e. The quantitative estimate of drug-likeness (QED) is 0.501. The summed E-state index contributed by atoms with van der Waals surface area (Å²) < 4.78 is 47.5. The molecule has 0 aliphatic carbocycles. The van der Waals surface area contributed by atoms with Gasteiger partial charge in [0, 0.05) is 58.1 Å². The molecule has 1 aromatic heterocycles. The third kappa shape index (κ3) is 5.24. The topological polar surface area (TPSA) is 74.9 Å². The summed E-state index contributed by atoms with van der Waals surface area (Å²) in [7, 11) is 4.77. The number of nitrogens with zero attached hydrogens (tertiary/aromatic N) is 4. The molecule has 0 amide bonds. The van der Waals surface area contributed by atoms with Crippen molar-refractivity contribution in [3.05, 3.63) is 48.0 Å². The van der Waals surface area contributed by atoms with Gasteiger partial charge in [0.05, 0.1) is 7.11 Å². The van der Waals surface area contributed by atoms with Gasteiger partial charge in [-0.1, -0.05) is 18.2 Å². The second-order valence-electron chi connectivity index (χ2n) is 6.87. The van der Waals surface area contributed by atoms with Crippen LogP contribution in [0.15, 0.2) is 41.7 Å². The molecule has 0 saturated carbocycles. The van der Waals surface area contributed by atoms with Gasteiger partial charge in [-0.25, -0.2) is 4.98 Å². The molecule has 0 saturated heterocycles. The highest BCUT2D eigenvalue weighted by Crippen LogP contribution is 2.40. The Morgan fingerprint density at radius 3 is 2.60 bits per heavy atom. The summed E-state index contributed by atoms with van der Waals surface area (Å²) in [6.07, 6.45) is -2.96. The van der Waals surface area contributed by atoms with E-state index in [1.807, 2.05) is 31.2 Å². The summed E-state index contributed by atoms with van der Waals surface area (Å²) in [5, 5.41) is 13.5. The van der Waals surface area contributed by atoms with E-state index in [-0.39, 0.29) is 6.54 Å².